The van der Waals surface area contributed by atoms with Crippen molar-refractivity contribution in [1.82, 2.24) is 0 Å². The summed E-state index contributed by atoms with van der Waals surface area (Å²) in [7, 11) is 0. The molecule has 0 saturated carbocycles. The molecule has 0 amide bonds. The first-order valence-corrected chi connectivity index (χ1v) is 5.33. The number of hydrogen-bond donors (Lipinski definition) is 1. The molecule has 0 aromatic heterocycles. The number of thiocarbonyl (C=S) groups is 1. The predicted octanol–water partition coefficient (Wildman–Crippen LogP) is 3.18. The molecule has 0 heterocycles. The SMILES string of the molecule is NC(=S)C(COc1ccc(Cl)cc1)C(F)(F)F. The summed E-state index contributed by atoms with van der Waals surface area (Å²) in [5.74, 6) is -1.67. The number of hydrogen-bond acceptors (Lipinski definition) is 2. The summed E-state index contributed by atoms with van der Waals surface area (Å²) in [6, 6.07) is 5.96. The second-order valence-corrected chi connectivity index (χ2v) is 4.17. The van der Waals surface area contributed by atoms with Gasteiger partial charge in [0, 0.05) is 5.02 Å². The third-order valence-electron chi connectivity index (χ3n) is 1.97. The van der Waals surface area contributed by atoms with E-state index < -0.39 is 23.7 Å². The van der Waals surface area contributed by atoms with E-state index in [4.69, 9.17) is 22.1 Å². The van der Waals surface area contributed by atoms with Crippen molar-refractivity contribution in [3.8, 4) is 5.75 Å². The Hall–Kier alpha value is -1.01. The summed E-state index contributed by atoms with van der Waals surface area (Å²) in [6.45, 7) is -0.638. The van der Waals surface area contributed by atoms with Gasteiger partial charge >= 0.3 is 6.18 Å². The van der Waals surface area contributed by atoms with Crippen LogP contribution in [-0.4, -0.2) is 17.8 Å². The second kappa shape index (κ2) is 5.55. The number of benzene rings is 1. The zero-order valence-electron chi connectivity index (χ0n) is 8.50. The fourth-order valence-electron chi connectivity index (χ4n) is 1.05. The Kier molecular flexibility index (Phi) is 4.59. The first-order valence-electron chi connectivity index (χ1n) is 4.55. The van der Waals surface area contributed by atoms with Crippen LogP contribution in [0.25, 0.3) is 0 Å². The Balaban J connectivity index is 2.65. The van der Waals surface area contributed by atoms with Crippen LogP contribution in [0.2, 0.25) is 5.02 Å². The lowest BCUT2D eigenvalue weighted by Crippen LogP contribution is -2.38. The van der Waals surface area contributed by atoms with Gasteiger partial charge in [0.25, 0.3) is 0 Å². The van der Waals surface area contributed by atoms with Crippen LogP contribution >= 0.6 is 23.8 Å². The highest BCUT2D eigenvalue weighted by molar-refractivity contribution is 7.80. The van der Waals surface area contributed by atoms with Gasteiger partial charge in [0.2, 0.25) is 0 Å². The smallest absolute Gasteiger partial charge is 0.401 e. The number of ether oxygens (including phenoxy) is 1. The normalized spacial score (nSPS) is 13.2. The number of halogens is 4. The van der Waals surface area contributed by atoms with Gasteiger partial charge in [-0.05, 0) is 24.3 Å². The van der Waals surface area contributed by atoms with E-state index in [1.165, 1.54) is 24.3 Å². The summed E-state index contributed by atoms with van der Waals surface area (Å²) in [4.78, 5) is -0.633. The lowest BCUT2D eigenvalue weighted by Gasteiger charge is -2.19. The lowest BCUT2D eigenvalue weighted by molar-refractivity contribution is -0.161. The Morgan fingerprint density at radius 3 is 2.29 bits per heavy atom. The number of nitrogens with two attached hydrogens (primary N) is 1. The van der Waals surface area contributed by atoms with Crippen molar-refractivity contribution >= 4 is 28.8 Å². The summed E-state index contributed by atoms with van der Waals surface area (Å²) in [5, 5.41) is 0.471. The molecule has 0 spiro atoms. The van der Waals surface area contributed by atoms with Gasteiger partial charge < -0.3 is 10.5 Å². The van der Waals surface area contributed by atoms with Crippen LogP contribution in [-0.2, 0) is 0 Å². The van der Waals surface area contributed by atoms with Crippen LogP contribution in [0.4, 0.5) is 13.2 Å². The molecule has 2 nitrogen and oxygen atoms in total. The van der Waals surface area contributed by atoms with E-state index in [2.05, 4.69) is 12.2 Å². The van der Waals surface area contributed by atoms with Gasteiger partial charge in [-0.3, -0.25) is 0 Å². The van der Waals surface area contributed by atoms with Crippen molar-refractivity contribution in [3.63, 3.8) is 0 Å². The molecular weight excluding hydrogens is 275 g/mol. The molecule has 94 valence electrons. The first kappa shape index (κ1) is 14.1. The van der Waals surface area contributed by atoms with Crippen LogP contribution in [0.15, 0.2) is 24.3 Å². The van der Waals surface area contributed by atoms with Crippen LogP contribution in [0, 0.1) is 5.92 Å². The predicted molar refractivity (Wildman–Crippen MR) is 63.3 cm³/mol. The highest BCUT2D eigenvalue weighted by Crippen LogP contribution is 2.27. The van der Waals surface area contributed by atoms with E-state index in [-0.39, 0.29) is 5.75 Å². The quantitative estimate of drug-likeness (QED) is 0.862. The maximum atomic E-state index is 12.5. The van der Waals surface area contributed by atoms with Crippen LogP contribution in [0.5, 0.6) is 5.75 Å². The molecule has 0 radical (unpaired) electrons. The van der Waals surface area contributed by atoms with E-state index in [1.54, 1.807) is 0 Å². The van der Waals surface area contributed by atoms with Gasteiger partial charge in [-0.15, -0.1) is 0 Å². The minimum absolute atomic E-state index is 0.278. The van der Waals surface area contributed by atoms with E-state index in [9.17, 15) is 13.2 Å². The van der Waals surface area contributed by atoms with Gasteiger partial charge in [-0.25, -0.2) is 0 Å². The molecule has 2 N–H and O–H groups in total. The van der Waals surface area contributed by atoms with E-state index in [0.717, 1.165) is 0 Å². The summed E-state index contributed by atoms with van der Waals surface area (Å²) in [6.07, 6.45) is -4.50. The van der Waals surface area contributed by atoms with Gasteiger partial charge in [-0.1, -0.05) is 23.8 Å². The average molecular weight is 284 g/mol. The highest BCUT2D eigenvalue weighted by Gasteiger charge is 2.42. The third-order valence-corrected chi connectivity index (χ3v) is 2.51. The van der Waals surface area contributed by atoms with Gasteiger partial charge in [0.1, 0.15) is 18.3 Å². The molecule has 0 aliphatic rings. The fourth-order valence-corrected chi connectivity index (χ4v) is 1.38. The Bertz CT molecular complexity index is 394. The topological polar surface area (TPSA) is 35.2 Å². The summed E-state index contributed by atoms with van der Waals surface area (Å²) < 4.78 is 42.4. The molecule has 1 unspecified atom stereocenters. The number of rotatable bonds is 4. The van der Waals surface area contributed by atoms with Gasteiger partial charge in [0.05, 0.1) is 4.99 Å². The zero-order chi connectivity index (χ0) is 13.1. The molecule has 1 aromatic carbocycles. The van der Waals surface area contributed by atoms with Crippen LogP contribution < -0.4 is 10.5 Å². The first-order chi connectivity index (χ1) is 7.80. The molecule has 17 heavy (non-hydrogen) atoms. The molecule has 0 aliphatic carbocycles. The number of alkyl halides is 3. The molecular formula is C10H9ClF3NOS. The molecule has 1 rings (SSSR count). The summed E-state index contributed by atoms with van der Waals surface area (Å²) >= 11 is 9.98. The van der Waals surface area contributed by atoms with Crippen LogP contribution in [0.3, 0.4) is 0 Å². The minimum Gasteiger partial charge on any atom is -0.493 e. The van der Waals surface area contributed by atoms with E-state index in [0.29, 0.717) is 5.02 Å². The van der Waals surface area contributed by atoms with Crippen molar-refractivity contribution in [2.45, 2.75) is 6.18 Å². The molecule has 0 aliphatic heterocycles. The highest BCUT2D eigenvalue weighted by atomic mass is 35.5. The summed E-state index contributed by atoms with van der Waals surface area (Å²) in [5.41, 5.74) is 5.02. The van der Waals surface area contributed by atoms with Crippen molar-refractivity contribution in [3.05, 3.63) is 29.3 Å². The van der Waals surface area contributed by atoms with Crippen molar-refractivity contribution in [2.24, 2.45) is 11.7 Å². The molecule has 0 bridgehead atoms. The Morgan fingerprint density at radius 1 is 1.35 bits per heavy atom. The maximum Gasteiger partial charge on any atom is 0.401 e. The van der Waals surface area contributed by atoms with Crippen molar-refractivity contribution in [2.75, 3.05) is 6.61 Å². The third kappa shape index (κ3) is 4.40. The zero-order valence-corrected chi connectivity index (χ0v) is 10.1. The molecule has 1 atom stereocenters. The Labute approximate surface area is 107 Å². The largest absolute Gasteiger partial charge is 0.493 e. The monoisotopic (exact) mass is 283 g/mol. The fraction of sp³-hybridized carbons (Fsp3) is 0.300. The van der Waals surface area contributed by atoms with Crippen molar-refractivity contribution in [1.29, 1.82) is 0 Å². The second-order valence-electron chi connectivity index (χ2n) is 3.26. The molecule has 0 saturated heterocycles. The van der Waals surface area contributed by atoms with Gasteiger partial charge in [0.15, 0.2) is 0 Å². The lowest BCUT2D eigenvalue weighted by atomic mass is 10.1. The average Bonchev–Trinajstić information content (AvgIpc) is 2.18. The van der Waals surface area contributed by atoms with E-state index in [1.807, 2.05) is 0 Å². The molecule has 7 heteroatoms. The maximum absolute atomic E-state index is 12.5. The van der Waals surface area contributed by atoms with Crippen LogP contribution in [0.1, 0.15) is 0 Å². The molecule has 1 aromatic rings. The van der Waals surface area contributed by atoms with Crippen molar-refractivity contribution < 1.29 is 17.9 Å². The van der Waals surface area contributed by atoms with Gasteiger partial charge in [-0.2, -0.15) is 13.2 Å². The van der Waals surface area contributed by atoms with E-state index >= 15 is 0 Å². The minimum atomic E-state index is -4.50. The standard InChI is InChI=1S/C10H9ClF3NOS/c11-6-1-3-7(4-2-6)16-5-8(9(15)17)10(12,13)14/h1-4,8H,5H2,(H2,15,17). The Morgan fingerprint density at radius 2 is 1.88 bits per heavy atom. The molecule has 0 fully saturated rings.